The normalized spacial score (nSPS) is 13.2. The van der Waals surface area contributed by atoms with Gasteiger partial charge in [-0.1, -0.05) is 226 Å². The van der Waals surface area contributed by atoms with E-state index in [9.17, 15) is 0 Å². The zero-order valence-corrected chi connectivity index (χ0v) is 37.9. The second-order valence-corrected chi connectivity index (χ2v) is 18.9. The SMILES string of the molecule is C=C/C(=C\C)c1cccc(-c2ccccc2)c1B1c2cc(C(C)(C)C)cc3c2N(c2[nH]c4ccccc4c21)c1[nH]c2ccccc2c1B3c1c(-c2ccccc2)cccc1-c1ccccc1. The lowest BCUT2D eigenvalue weighted by molar-refractivity contribution is 0.591. The molecular formula is C61H49B2N3. The Morgan fingerprint density at radius 1 is 0.500 bits per heavy atom. The second-order valence-electron chi connectivity index (χ2n) is 18.9. The molecule has 0 amide bonds. The Morgan fingerprint density at radius 2 is 0.924 bits per heavy atom. The molecule has 3 nitrogen and oxygen atoms in total. The maximum absolute atomic E-state index is 4.39. The number of rotatable bonds is 7. The number of anilines is 3. The summed E-state index contributed by atoms with van der Waals surface area (Å²) in [5.41, 5.74) is 22.0. The summed E-state index contributed by atoms with van der Waals surface area (Å²) >= 11 is 0. The lowest BCUT2D eigenvalue weighted by atomic mass is 9.29. The van der Waals surface area contributed by atoms with E-state index in [-0.39, 0.29) is 18.8 Å². The van der Waals surface area contributed by atoms with E-state index >= 15 is 0 Å². The fraction of sp³-hybridized carbons (Fsp3) is 0.0820. The van der Waals surface area contributed by atoms with Gasteiger partial charge in [0.1, 0.15) is 11.6 Å². The smallest absolute Gasteiger partial charge is 0.251 e. The summed E-state index contributed by atoms with van der Waals surface area (Å²) in [7, 11) is 0. The van der Waals surface area contributed by atoms with Gasteiger partial charge >= 0.3 is 0 Å². The highest BCUT2D eigenvalue weighted by molar-refractivity contribution is 7.04. The van der Waals surface area contributed by atoms with Crippen molar-refractivity contribution in [2.24, 2.45) is 0 Å². The average molecular weight is 846 g/mol. The molecule has 0 atom stereocenters. The molecule has 0 spiro atoms. The number of nitrogens with zero attached hydrogens (tertiary/aromatic N) is 1. The molecule has 0 saturated heterocycles. The zero-order chi connectivity index (χ0) is 44.7. The van der Waals surface area contributed by atoms with E-state index in [2.05, 4.69) is 243 Å². The molecule has 2 aromatic heterocycles. The molecule has 0 unspecified atom stereocenters. The number of H-pyrrole nitrogens is 2. The standard InChI is InChI=1S/C61H49B2N3/c1-6-39(7-2)44-31-21-32-45(40-23-11-8-12-24-40)54(44)62-50-37-43(61(3,4)5)38-51-58(50)66(59-56(62)48-29-17-19-35-52(48)64-59)60-57(49-30-18-20-36-53(49)65-60)63(51)55-46(41-25-13-9-14-26-41)33-22-34-47(55)42-27-15-10-16-28-42/h6-38,64-65H,1H2,2-5H3/b39-7+. The van der Waals surface area contributed by atoms with Gasteiger partial charge in [-0.15, -0.1) is 0 Å². The minimum Gasteiger partial charge on any atom is -0.341 e. The van der Waals surface area contributed by atoms with Crippen LogP contribution in [0.25, 0.3) is 60.8 Å². The van der Waals surface area contributed by atoms with E-state index < -0.39 is 0 Å². The van der Waals surface area contributed by atoms with Crippen molar-refractivity contribution >= 4 is 90.9 Å². The van der Waals surface area contributed by atoms with Gasteiger partial charge in [-0.2, -0.15) is 0 Å². The Bertz CT molecular complexity index is 3500. The fourth-order valence-corrected chi connectivity index (χ4v) is 11.3. The van der Waals surface area contributed by atoms with Crippen molar-refractivity contribution in [3.8, 4) is 33.4 Å². The molecule has 12 rings (SSSR count). The largest absolute Gasteiger partial charge is 0.341 e. The van der Waals surface area contributed by atoms with Gasteiger partial charge in [-0.25, -0.2) is 0 Å². The highest BCUT2D eigenvalue weighted by Gasteiger charge is 2.49. The third-order valence-corrected chi connectivity index (χ3v) is 14.2. The summed E-state index contributed by atoms with van der Waals surface area (Å²) < 4.78 is 0. The fourth-order valence-electron chi connectivity index (χ4n) is 11.3. The molecule has 0 bridgehead atoms. The molecule has 5 heteroatoms. The predicted octanol–water partition coefficient (Wildman–Crippen LogP) is 11.7. The topological polar surface area (TPSA) is 34.8 Å². The average Bonchev–Trinajstić information content (AvgIpc) is 3.94. The van der Waals surface area contributed by atoms with Crippen molar-refractivity contribution in [3.05, 3.63) is 218 Å². The van der Waals surface area contributed by atoms with Crippen LogP contribution in [-0.4, -0.2) is 23.4 Å². The first kappa shape index (κ1) is 39.8. The number of aromatic amines is 2. The molecule has 2 aliphatic rings. The van der Waals surface area contributed by atoms with Crippen LogP contribution in [0, 0.1) is 0 Å². The molecular weight excluding hydrogens is 796 g/mol. The van der Waals surface area contributed by atoms with Crippen molar-refractivity contribution in [2.45, 2.75) is 33.1 Å². The van der Waals surface area contributed by atoms with Crippen LogP contribution in [0.4, 0.5) is 17.3 Å². The van der Waals surface area contributed by atoms with E-state index in [1.807, 2.05) is 6.08 Å². The predicted molar refractivity (Wildman–Crippen MR) is 286 cm³/mol. The maximum atomic E-state index is 4.39. The Morgan fingerprint density at radius 3 is 1.38 bits per heavy atom. The number of nitrogens with one attached hydrogen (secondary N) is 2. The first-order valence-corrected chi connectivity index (χ1v) is 23.2. The highest BCUT2D eigenvalue weighted by Crippen LogP contribution is 2.43. The van der Waals surface area contributed by atoms with E-state index in [1.165, 1.54) is 93.7 Å². The van der Waals surface area contributed by atoms with Gasteiger partial charge in [0.25, 0.3) is 13.4 Å². The minimum atomic E-state index is -0.176. The van der Waals surface area contributed by atoms with Gasteiger partial charge in [0.15, 0.2) is 0 Å². The third kappa shape index (κ3) is 6.07. The summed E-state index contributed by atoms with van der Waals surface area (Å²) in [4.78, 5) is 10.7. The monoisotopic (exact) mass is 845 g/mol. The van der Waals surface area contributed by atoms with Crippen molar-refractivity contribution in [3.63, 3.8) is 0 Å². The van der Waals surface area contributed by atoms with E-state index in [0.717, 1.165) is 28.2 Å². The Kier molecular flexibility index (Phi) is 9.32. The number of fused-ring (bicyclic) bond motifs is 8. The number of para-hydroxylation sites is 2. The van der Waals surface area contributed by atoms with Crippen LogP contribution in [0.15, 0.2) is 207 Å². The Balaban J connectivity index is 1.29. The molecule has 0 aliphatic carbocycles. The maximum Gasteiger partial charge on any atom is 0.251 e. The second kappa shape index (κ2) is 15.5. The van der Waals surface area contributed by atoms with Crippen molar-refractivity contribution in [2.75, 3.05) is 4.90 Å². The third-order valence-electron chi connectivity index (χ3n) is 14.2. The lowest BCUT2D eigenvalue weighted by Gasteiger charge is -2.43. The summed E-state index contributed by atoms with van der Waals surface area (Å²) in [5.74, 6) is 2.20. The van der Waals surface area contributed by atoms with Crippen LogP contribution in [0.1, 0.15) is 38.8 Å². The highest BCUT2D eigenvalue weighted by atomic mass is 15.3. The van der Waals surface area contributed by atoms with Crippen LogP contribution >= 0.6 is 0 Å². The van der Waals surface area contributed by atoms with Crippen molar-refractivity contribution < 1.29 is 0 Å². The molecule has 314 valence electrons. The van der Waals surface area contributed by atoms with Crippen LogP contribution in [0.3, 0.4) is 0 Å². The number of hydrogen-bond donors (Lipinski definition) is 2. The van der Waals surface area contributed by atoms with Crippen molar-refractivity contribution in [1.82, 2.24) is 9.97 Å². The molecule has 0 fully saturated rings. The number of aromatic nitrogens is 2. The quantitative estimate of drug-likeness (QED) is 0.122. The minimum absolute atomic E-state index is 0.148. The lowest BCUT2D eigenvalue weighted by Crippen LogP contribution is -2.66. The molecule has 4 heterocycles. The zero-order valence-electron chi connectivity index (χ0n) is 37.9. The van der Waals surface area contributed by atoms with Gasteiger partial charge in [0.05, 0.1) is 0 Å². The summed E-state index contributed by atoms with van der Waals surface area (Å²) in [6, 6.07) is 69.7. The molecule has 10 aromatic rings. The van der Waals surface area contributed by atoms with Crippen LogP contribution in [0.5, 0.6) is 0 Å². The van der Waals surface area contributed by atoms with Gasteiger partial charge in [0, 0.05) is 16.7 Å². The molecule has 8 aromatic carbocycles. The molecule has 0 radical (unpaired) electrons. The van der Waals surface area contributed by atoms with Crippen LogP contribution in [0.2, 0.25) is 0 Å². The van der Waals surface area contributed by atoms with Gasteiger partial charge in [0.2, 0.25) is 0 Å². The molecule has 66 heavy (non-hydrogen) atoms. The van der Waals surface area contributed by atoms with E-state index in [4.69, 9.17) is 0 Å². The van der Waals surface area contributed by atoms with Gasteiger partial charge in [-0.3, -0.25) is 4.90 Å². The van der Waals surface area contributed by atoms with E-state index in [1.54, 1.807) is 0 Å². The summed E-state index contributed by atoms with van der Waals surface area (Å²) in [6.07, 6.45) is 4.24. The number of allylic oxidation sites excluding steroid dienone is 3. The summed E-state index contributed by atoms with van der Waals surface area (Å²) in [5, 5.41) is 2.45. The van der Waals surface area contributed by atoms with Crippen LogP contribution in [-0.2, 0) is 5.41 Å². The van der Waals surface area contributed by atoms with Gasteiger partial charge < -0.3 is 9.97 Å². The number of benzene rings is 8. The first-order chi connectivity index (χ1) is 32.3. The Hall–Kier alpha value is -7.75. The summed E-state index contributed by atoms with van der Waals surface area (Å²) in [6.45, 7) is 13.3. The first-order valence-electron chi connectivity index (χ1n) is 23.2. The molecule has 2 aliphatic heterocycles. The Labute approximate surface area is 388 Å². The molecule has 0 saturated carbocycles. The molecule has 2 N–H and O–H groups in total. The van der Waals surface area contributed by atoms with Crippen molar-refractivity contribution in [1.29, 1.82) is 0 Å². The van der Waals surface area contributed by atoms with Crippen LogP contribution < -0.4 is 37.7 Å². The van der Waals surface area contributed by atoms with E-state index in [0.29, 0.717) is 0 Å². The van der Waals surface area contributed by atoms with Gasteiger partial charge in [-0.05, 0) is 107 Å². The number of hydrogen-bond acceptors (Lipinski definition) is 1.